The van der Waals surface area contributed by atoms with Gasteiger partial charge in [-0.25, -0.2) is 9.18 Å². The summed E-state index contributed by atoms with van der Waals surface area (Å²) in [6, 6.07) is 5.73. The molecule has 7 nitrogen and oxygen atoms in total. The first-order valence-electron chi connectivity index (χ1n) is 8.95. The standard InChI is InChI=1S/C18H21ClFN5O2/c19-14-8-12(2-3-15(14)20)21-17(27)24-6-7-25-13(10-24)9-16(23-25)22-18(11-26)4-1-5-18/h2-3,8-9,26H,1,4-7,10-11H2,(H,21,27)(H,22,23). The molecule has 0 atom stereocenters. The van der Waals surface area contributed by atoms with E-state index in [1.807, 2.05) is 10.7 Å². The highest BCUT2D eigenvalue weighted by molar-refractivity contribution is 6.31. The maximum atomic E-state index is 13.2. The maximum Gasteiger partial charge on any atom is 0.322 e. The molecule has 3 N–H and O–H groups in total. The summed E-state index contributed by atoms with van der Waals surface area (Å²) in [7, 11) is 0. The van der Waals surface area contributed by atoms with E-state index >= 15 is 0 Å². The fourth-order valence-corrected chi connectivity index (χ4v) is 3.66. The number of anilines is 2. The molecule has 0 spiro atoms. The van der Waals surface area contributed by atoms with Crippen LogP contribution >= 0.6 is 11.6 Å². The number of halogens is 2. The smallest absolute Gasteiger partial charge is 0.322 e. The van der Waals surface area contributed by atoms with Gasteiger partial charge < -0.3 is 20.6 Å². The number of rotatable bonds is 4. The molecule has 1 saturated carbocycles. The second kappa shape index (κ2) is 7.01. The number of aliphatic hydroxyl groups is 1. The van der Waals surface area contributed by atoms with Crippen LogP contribution in [0.4, 0.5) is 20.7 Å². The quantitative estimate of drug-likeness (QED) is 0.745. The number of hydrogen-bond acceptors (Lipinski definition) is 4. The van der Waals surface area contributed by atoms with Crippen molar-refractivity contribution in [3.8, 4) is 0 Å². The Labute approximate surface area is 161 Å². The summed E-state index contributed by atoms with van der Waals surface area (Å²) in [5.74, 6) is 0.204. The summed E-state index contributed by atoms with van der Waals surface area (Å²) in [6.45, 7) is 1.60. The molecule has 0 saturated heterocycles. The van der Waals surface area contributed by atoms with E-state index in [1.54, 1.807) is 4.90 Å². The van der Waals surface area contributed by atoms with Crippen molar-refractivity contribution in [1.82, 2.24) is 14.7 Å². The van der Waals surface area contributed by atoms with Crippen LogP contribution in [0.1, 0.15) is 25.0 Å². The fourth-order valence-electron chi connectivity index (χ4n) is 3.48. The third-order valence-corrected chi connectivity index (χ3v) is 5.55. The van der Waals surface area contributed by atoms with Crippen molar-refractivity contribution in [3.63, 3.8) is 0 Å². The first kappa shape index (κ1) is 18.1. The molecule has 0 unspecified atom stereocenters. The number of hydrogen-bond donors (Lipinski definition) is 3. The van der Waals surface area contributed by atoms with Crippen LogP contribution in [-0.2, 0) is 13.1 Å². The van der Waals surface area contributed by atoms with Gasteiger partial charge in [0.05, 0.1) is 36.0 Å². The number of nitrogens with one attached hydrogen (secondary N) is 2. The number of fused-ring (bicyclic) bond motifs is 1. The Balaban J connectivity index is 1.41. The van der Waals surface area contributed by atoms with Crippen LogP contribution in [0, 0.1) is 5.82 Å². The van der Waals surface area contributed by atoms with Gasteiger partial charge in [-0.2, -0.15) is 5.10 Å². The summed E-state index contributed by atoms with van der Waals surface area (Å²) in [6.07, 6.45) is 2.96. The van der Waals surface area contributed by atoms with Crippen molar-refractivity contribution in [1.29, 1.82) is 0 Å². The van der Waals surface area contributed by atoms with Crippen LogP contribution in [0.5, 0.6) is 0 Å². The maximum absolute atomic E-state index is 13.2. The third-order valence-electron chi connectivity index (χ3n) is 5.26. The van der Waals surface area contributed by atoms with E-state index < -0.39 is 5.82 Å². The minimum Gasteiger partial charge on any atom is -0.394 e. The third kappa shape index (κ3) is 3.59. The zero-order valence-corrected chi connectivity index (χ0v) is 15.5. The van der Waals surface area contributed by atoms with E-state index in [4.69, 9.17) is 11.6 Å². The van der Waals surface area contributed by atoms with Crippen LogP contribution < -0.4 is 10.6 Å². The monoisotopic (exact) mass is 393 g/mol. The van der Waals surface area contributed by atoms with E-state index in [-0.39, 0.29) is 23.2 Å². The zero-order valence-electron chi connectivity index (χ0n) is 14.7. The van der Waals surface area contributed by atoms with E-state index in [0.717, 1.165) is 30.8 Å². The number of urea groups is 1. The van der Waals surface area contributed by atoms with Gasteiger partial charge in [0, 0.05) is 18.3 Å². The molecule has 0 radical (unpaired) electrons. The Morgan fingerprint density at radius 3 is 2.81 bits per heavy atom. The molecule has 2 aromatic rings. The Hall–Kier alpha value is -2.32. The van der Waals surface area contributed by atoms with E-state index in [9.17, 15) is 14.3 Å². The summed E-state index contributed by atoms with van der Waals surface area (Å²) in [4.78, 5) is 14.2. The number of benzene rings is 1. The van der Waals surface area contributed by atoms with Crippen molar-refractivity contribution < 1.29 is 14.3 Å². The minimum atomic E-state index is -0.524. The average Bonchev–Trinajstić information content (AvgIpc) is 3.02. The molecule has 1 aliphatic carbocycles. The Bertz CT molecular complexity index is 862. The van der Waals surface area contributed by atoms with Gasteiger partial charge in [0.15, 0.2) is 0 Å². The van der Waals surface area contributed by atoms with Gasteiger partial charge in [-0.15, -0.1) is 0 Å². The molecule has 2 amide bonds. The van der Waals surface area contributed by atoms with Crippen LogP contribution in [0.15, 0.2) is 24.3 Å². The van der Waals surface area contributed by atoms with Crippen molar-refractivity contribution in [2.75, 3.05) is 23.8 Å². The molecule has 9 heteroatoms. The molecule has 1 aromatic carbocycles. The number of carbonyl (C=O) groups excluding carboxylic acids is 1. The van der Waals surface area contributed by atoms with Crippen LogP contribution in [-0.4, -0.2) is 44.5 Å². The molecule has 2 heterocycles. The van der Waals surface area contributed by atoms with Gasteiger partial charge in [-0.05, 0) is 37.5 Å². The van der Waals surface area contributed by atoms with Crippen LogP contribution in [0.2, 0.25) is 5.02 Å². The second-order valence-electron chi connectivity index (χ2n) is 7.14. The number of aromatic nitrogens is 2. The lowest BCUT2D eigenvalue weighted by atomic mass is 9.77. The van der Waals surface area contributed by atoms with Gasteiger partial charge in [-0.3, -0.25) is 4.68 Å². The largest absolute Gasteiger partial charge is 0.394 e. The number of amides is 2. The lowest BCUT2D eigenvalue weighted by Crippen LogP contribution is -2.48. The Morgan fingerprint density at radius 2 is 2.15 bits per heavy atom. The molecule has 1 aromatic heterocycles. The number of aliphatic hydroxyl groups excluding tert-OH is 1. The first-order valence-corrected chi connectivity index (χ1v) is 9.33. The fraction of sp³-hybridized carbons (Fsp3) is 0.444. The van der Waals surface area contributed by atoms with Gasteiger partial charge in [-0.1, -0.05) is 11.6 Å². The highest BCUT2D eigenvalue weighted by atomic mass is 35.5. The SMILES string of the molecule is O=C(Nc1ccc(F)c(Cl)c1)N1CCn2nc(NC3(CO)CCC3)cc2C1. The van der Waals surface area contributed by atoms with E-state index in [0.29, 0.717) is 25.3 Å². The predicted molar refractivity (Wildman–Crippen MR) is 100 cm³/mol. The van der Waals surface area contributed by atoms with Gasteiger partial charge in [0.25, 0.3) is 0 Å². The molecule has 1 fully saturated rings. The summed E-state index contributed by atoms with van der Waals surface area (Å²) in [5.41, 5.74) is 1.11. The summed E-state index contributed by atoms with van der Waals surface area (Å²) in [5, 5.41) is 20.2. The lowest BCUT2D eigenvalue weighted by molar-refractivity contribution is 0.143. The Kier molecular flexibility index (Phi) is 4.69. The predicted octanol–water partition coefficient (Wildman–Crippen LogP) is 3.05. The van der Waals surface area contributed by atoms with Crippen molar-refractivity contribution in [2.45, 2.75) is 37.9 Å². The molecular weight excluding hydrogens is 373 g/mol. The lowest BCUT2D eigenvalue weighted by Gasteiger charge is -2.41. The highest BCUT2D eigenvalue weighted by Crippen LogP contribution is 2.35. The van der Waals surface area contributed by atoms with E-state index in [1.165, 1.54) is 18.2 Å². The normalized spacial score (nSPS) is 17.8. The van der Waals surface area contributed by atoms with Crippen molar-refractivity contribution in [3.05, 3.63) is 40.8 Å². The van der Waals surface area contributed by atoms with Crippen LogP contribution in [0.25, 0.3) is 0 Å². The average molecular weight is 394 g/mol. The van der Waals surface area contributed by atoms with Gasteiger partial charge >= 0.3 is 6.03 Å². The molecule has 144 valence electrons. The molecule has 1 aliphatic heterocycles. The first-order chi connectivity index (χ1) is 13.0. The minimum absolute atomic E-state index is 0.0333. The summed E-state index contributed by atoms with van der Waals surface area (Å²) >= 11 is 5.76. The highest BCUT2D eigenvalue weighted by Gasteiger charge is 2.37. The molecular formula is C18H21ClFN5O2. The van der Waals surface area contributed by atoms with Gasteiger partial charge in [0.1, 0.15) is 11.6 Å². The summed E-state index contributed by atoms with van der Waals surface area (Å²) < 4.78 is 15.1. The number of nitrogens with zero attached hydrogens (tertiary/aromatic N) is 3. The van der Waals surface area contributed by atoms with Crippen molar-refractivity contribution >= 4 is 29.1 Å². The number of carbonyl (C=O) groups is 1. The zero-order chi connectivity index (χ0) is 19.0. The van der Waals surface area contributed by atoms with Crippen LogP contribution in [0.3, 0.4) is 0 Å². The Morgan fingerprint density at radius 1 is 1.33 bits per heavy atom. The molecule has 27 heavy (non-hydrogen) atoms. The molecule has 0 bridgehead atoms. The van der Waals surface area contributed by atoms with Crippen molar-refractivity contribution in [2.24, 2.45) is 0 Å². The topological polar surface area (TPSA) is 82.4 Å². The molecule has 4 rings (SSSR count). The second-order valence-corrected chi connectivity index (χ2v) is 7.55. The van der Waals surface area contributed by atoms with E-state index in [2.05, 4.69) is 15.7 Å². The molecule has 2 aliphatic rings. The van der Waals surface area contributed by atoms with Gasteiger partial charge in [0.2, 0.25) is 0 Å².